The Hall–Kier alpha value is -1.94. The van der Waals surface area contributed by atoms with E-state index in [1.54, 1.807) is 18.4 Å². The summed E-state index contributed by atoms with van der Waals surface area (Å²) in [6, 6.07) is 7.95. The summed E-state index contributed by atoms with van der Waals surface area (Å²) in [4.78, 5) is 9.12. The lowest BCUT2D eigenvalue weighted by Gasteiger charge is -2.02. The maximum absolute atomic E-state index is 5.23. The van der Waals surface area contributed by atoms with Gasteiger partial charge in [-0.2, -0.15) is 0 Å². The lowest BCUT2D eigenvalue weighted by molar-refractivity contribution is 0.415. The summed E-state index contributed by atoms with van der Waals surface area (Å²) in [5.74, 6) is 0.846. The van der Waals surface area contributed by atoms with E-state index in [4.69, 9.17) is 4.74 Å². The Balaban J connectivity index is 2.20. The molecular formula is C13H9N2OS. The summed E-state index contributed by atoms with van der Waals surface area (Å²) in [6.07, 6.45) is 4.51. The Morgan fingerprint density at radius 2 is 2.29 bits per heavy atom. The third-order valence-corrected chi connectivity index (χ3v) is 3.45. The Kier molecular flexibility index (Phi) is 2.49. The summed E-state index contributed by atoms with van der Waals surface area (Å²) in [5, 5.41) is 3.04. The van der Waals surface area contributed by atoms with Crippen LogP contribution in [-0.4, -0.2) is 17.1 Å². The minimum absolute atomic E-state index is 0.846. The highest BCUT2D eigenvalue weighted by Crippen LogP contribution is 2.33. The van der Waals surface area contributed by atoms with E-state index in [1.165, 1.54) is 6.33 Å². The van der Waals surface area contributed by atoms with Gasteiger partial charge in [0, 0.05) is 16.3 Å². The molecule has 0 atom stereocenters. The van der Waals surface area contributed by atoms with Gasteiger partial charge in [-0.15, -0.1) is 11.3 Å². The molecule has 2 aromatic heterocycles. The fourth-order valence-electron chi connectivity index (χ4n) is 1.73. The van der Waals surface area contributed by atoms with Crippen molar-refractivity contribution in [2.75, 3.05) is 7.11 Å². The van der Waals surface area contributed by atoms with Crippen molar-refractivity contribution in [3.8, 4) is 16.9 Å². The summed E-state index contributed by atoms with van der Waals surface area (Å²) in [5.41, 5.74) is 2.20. The van der Waals surface area contributed by atoms with Crippen LogP contribution in [0.4, 0.5) is 0 Å². The second-order valence-corrected chi connectivity index (χ2v) is 4.41. The molecule has 1 aromatic carbocycles. The first-order valence-corrected chi connectivity index (χ1v) is 6.01. The van der Waals surface area contributed by atoms with E-state index in [0.717, 1.165) is 27.1 Å². The fraction of sp³-hybridized carbons (Fsp3) is 0.0769. The third-order valence-electron chi connectivity index (χ3n) is 2.56. The highest BCUT2D eigenvalue weighted by Gasteiger charge is 2.08. The van der Waals surface area contributed by atoms with E-state index in [0.29, 0.717) is 0 Å². The van der Waals surface area contributed by atoms with Gasteiger partial charge < -0.3 is 4.74 Å². The zero-order chi connectivity index (χ0) is 11.7. The molecule has 0 aliphatic rings. The number of methoxy groups -OCH3 is 1. The largest absolute Gasteiger partial charge is 0.497 e. The van der Waals surface area contributed by atoms with Gasteiger partial charge in [0.25, 0.3) is 0 Å². The van der Waals surface area contributed by atoms with Gasteiger partial charge in [-0.1, -0.05) is 12.1 Å². The highest BCUT2D eigenvalue weighted by molar-refractivity contribution is 7.17. The van der Waals surface area contributed by atoms with Crippen LogP contribution in [0, 0.1) is 6.20 Å². The average Bonchev–Trinajstić information content (AvgIpc) is 2.82. The summed E-state index contributed by atoms with van der Waals surface area (Å²) in [7, 11) is 1.67. The molecule has 3 nitrogen and oxygen atoms in total. The van der Waals surface area contributed by atoms with Crippen molar-refractivity contribution < 1.29 is 4.74 Å². The van der Waals surface area contributed by atoms with Gasteiger partial charge in [0.2, 0.25) is 0 Å². The molecule has 17 heavy (non-hydrogen) atoms. The number of fused-ring (bicyclic) bond motifs is 1. The SMILES string of the molecule is COc1cccc(-c2csc3ncn[c]c23)c1. The molecule has 0 saturated heterocycles. The average molecular weight is 241 g/mol. The second-order valence-electron chi connectivity index (χ2n) is 3.55. The van der Waals surface area contributed by atoms with Crippen molar-refractivity contribution in [3.63, 3.8) is 0 Å². The van der Waals surface area contributed by atoms with Gasteiger partial charge in [-0.3, -0.25) is 0 Å². The van der Waals surface area contributed by atoms with E-state index >= 15 is 0 Å². The van der Waals surface area contributed by atoms with Crippen LogP contribution in [-0.2, 0) is 0 Å². The molecule has 2 heterocycles. The maximum Gasteiger partial charge on any atom is 0.127 e. The molecule has 4 heteroatoms. The molecule has 1 radical (unpaired) electrons. The van der Waals surface area contributed by atoms with Crippen molar-refractivity contribution >= 4 is 21.6 Å². The molecule has 0 aliphatic heterocycles. The molecule has 0 bridgehead atoms. The van der Waals surface area contributed by atoms with Crippen molar-refractivity contribution in [3.05, 3.63) is 42.2 Å². The third kappa shape index (κ3) is 1.76. The lowest BCUT2D eigenvalue weighted by atomic mass is 10.1. The number of rotatable bonds is 2. The summed E-state index contributed by atoms with van der Waals surface area (Å²) >= 11 is 1.60. The Bertz CT molecular complexity index is 663. The molecular weight excluding hydrogens is 232 g/mol. The Morgan fingerprint density at radius 3 is 3.18 bits per heavy atom. The molecule has 0 spiro atoms. The molecule has 0 fully saturated rings. The van der Waals surface area contributed by atoms with Gasteiger partial charge in [0.1, 0.15) is 23.1 Å². The van der Waals surface area contributed by atoms with Gasteiger partial charge >= 0.3 is 0 Å². The molecule has 3 rings (SSSR count). The van der Waals surface area contributed by atoms with Gasteiger partial charge in [0.15, 0.2) is 0 Å². The number of benzene rings is 1. The first-order chi connectivity index (χ1) is 8.38. The lowest BCUT2D eigenvalue weighted by Crippen LogP contribution is -1.83. The topological polar surface area (TPSA) is 35.0 Å². The number of ether oxygens (including phenoxy) is 1. The number of hydrogen-bond acceptors (Lipinski definition) is 4. The van der Waals surface area contributed by atoms with Crippen LogP contribution in [0.15, 0.2) is 36.0 Å². The fourth-order valence-corrected chi connectivity index (χ4v) is 2.59. The van der Waals surface area contributed by atoms with Gasteiger partial charge in [0.05, 0.1) is 7.11 Å². The quantitative estimate of drug-likeness (QED) is 0.691. The predicted octanol–water partition coefficient (Wildman–Crippen LogP) is 3.17. The van der Waals surface area contributed by atoms with Crippen LogP contribution in [0.2, 0.25) is 0 Å². The van der Waals surface area contributed by atoms with Crippen LogP contribution >= 0.6 is 11.3 Å². The predicted molar refractivity (Wildman–Crippen MR) is 68.2 cm³/mol. The van der Waals surface area contributed by atoms with E-state index in [2.05, 4.69) is 21.5 Å². The first kappa shape index (κ1) is 10.2. The maximum atomic E-state index is 5.23. The molecule has 0 N–H and O–H groups in total. The van der Waals surface area contributed by atoms with E-state index in [9.17, 15) is 0 Å². The zero-order valence-electron chi connectivity index (χ0n) is 9.18. The molecule has 83 valence electrons. The van der Waals surface area contributed by atoms with E-state index < -0.39 is 0 Å². The molecule has 0 unspecified atom stereocenters. The van der Waals surface area contributed by atoms with E-state index in [-0.39, 0.29) is 0 Å². The molecule has 3 aromatic rings. The minimum Gasteiger partial charge on any atom is -0.497 e. The van der Waals surface area contributed by atoms with Crippen molar-refractivity contribution in [1.29, 1.82) is 0 Å². The van der Waals surface area contributed by atoms with Crippen LogP contribution in [0.25, 0.3) is 21.3 Å². The Labute approximate surface area is 103 Å². The highest BCUT2D eigenvalue weighted by atomic mass is 32.1. The summed E-state index contributed by atoms with van der Waals surface area (Å²) in [6.45, 7) is 0. The van der Waals surface area contributed by atoms with Crippen molar-refractivity contribution in [1.82, 2.24) is 9.97 Å². The number of aromatic nitrogens is 2. The normalized spacial score (nSPS) is 10.6. The molecule has 0 amide bonds. The smallest absolute Gasteiger partial charge is 0.127 e. The van der Waals surface area contributed by atoms with Gasteiger partial charge in [-0.05, 0) is 17.7 Å². The molecule has 0 saturated carbocycles. The zero-order valence-corrected chi connectivity index (χ0v) is 9.99. The minimum atomic E-state index is 0.846. The molecule has 0 aliphatic carbocycles. The van der Waals surface area contributed by atoms with Crippen molar-refractivity contribution in [2.45, 2.75) is 0 Å². The van der Waals surface area contributed by atoms with Crippen LogP contribution in [0.5, 0.6) is 5.75 Å². The summed E-state index contributed by atoms with van der Waals surface area (Å²) < 4.78 is 5.23. The monoisotopic (exact) mass is 241 g/mol. The van der Waals surface area contributed by atoms with Crippen LogP contribution in [0.1, 0.15) is 0 Å². The van der Waals surface area contributed by atoms with Crippen LogP contribution < -0.4 is 4.74 Å². The standard InChI is InChI=1S/C13H9N2OS/c1-16-10-4-2-3-9(5-10)12-7-17-13-11(12)6-14-8-15-13/h2-5,7-8H,1H3. The second kappa shape index (κ2) is 4.14. The van der Waals surface area contributed by atoms with Crippen molar-refractivity contribution in [2.24, 2.45) is 0 Å². The number of thiophene rings is 1. The van der Waals surface area contributed by atoms with E-state index in [1.807, 2.05) is 24.3 Å². The Morgan fingerprint density at radius 1 is 1.35 bits per heavy atom. The van der Waals surface area contributed by atoms with Crippen LogP contribution in [0.3, 0.4) is 0 Å². The number of nitrogens with zero attached hydrogens (tertiary/aromatic N) is 2. The number of hydrogen-bond donors (Lipinski definition) is 0. The first-order valence-electron chi connectivity index (χ1n) is 5.13. The van der Waals surface area contributed by atoms with Gasteiger partial charge in [-0.25, -0.2) is 9.97 Å².